The van der Waals surface area contributed by atoms with Gasteiger partial charge in [-0.15, -0.1) is 0 Å². The van der Waals surface area contributed by atoms with E-state index in [4.69, 9.17) is 17.7 Å². The Morgan fingerprint density at radius 1 is 0.271 bits per heavy atom. The number of fused-ring (bicyclic) bond motifs is 12. The minimum Gasteiger partial charge on any atom is -0.455 e. The molecule has 8 heterocycles. The topological polar surface area (TPSA) is 68.1 Å². The molecule has 16 rings (SSSR count). The van der Waals surface area contributed by atoms with E-state index in [1.165, 1.54) is 59.5 Å². The molecule has 15 heteroatoms. The number of pyridine rings is 4. The van der Waals surface area contributed by atoms with Crippen LogP contribution in [0.4, 0.5) is 30.7 Å². The van der Waals surface area contributed by atoms with E-state index in [1.54, 1.807) is 19.9 Å². The van der Waals surface area contributed by atoms with Crippen LogP contribution in [0.2, 0.25) is 0 Å². The second-order valence-corrected chi connectivity index (χ2v) is 30.0. The fourth-order valence-corrected chi connectivity index (χ4v) is 15.0. The van der Waals surface area contributed by atoms with Crippen molar-refractivity contribution in [2.24, 2.45) is 28.2 Å². The third-order valence-electron chi connectivity index (χ3n) is 21.2. The van der Waals surface area contributed by atoms with Gasteiger partial charge in [-0.3, -0.25) is 0 Å². The Balaban J connectivity index is 0.000000126. The lowest BCUT2D eigenvalue weighted by Gasteiger charge is -2.10. The largest absolute Gasteiger partial charge is 0.455 e. The third-order valence-corrected chi connectivity index (χ3v) is 21.2. The van der Waals surface area contributed by atoms with Crippen molar-refractivity contribution >= 4 is 87.8 Å². The smallest absolute Gasteiger partial charge is 0.216 e. The predicted octanol–water partition coefficient (Wildman–Crippen LogP) is 24.2. The number of furan rings is 4. The molecule has 0 atom stereocenters. The van der Waals surface area contributed by atoms with E-state index >= 15 is 0 Å². The van der Waals surface area contributed by atoms with Crippen LogP contribution in [-0.4, -0.2) is 0 Å². The average Bonchev–Trinajstić information content (AvgIpc) is 1.62. The summed E-state index contributed by atoms with van der Waals surface area (Å²) in [6.07, 6.45) is 8.47. The number of benzene rings is 8. The van der Waals surface area contributed by atoms with E-state index in [9.17, 15) is 30.7 Å². The summed E-state index contributed by atoms with van der Waals surface area (Å²) in [6, 6.07) is 38.1. The minimum atomic E-state index is -0.596. The van der Waals surface area contributed by atoms with Crippen LogP contribution in [0, 0.1) is 96.1 Å². The average molecular weight is 1450 g/mol. The number of rotatable bonds is 8. The number of hydrogen-bond acceptors (Lipinski definition) is 4. The molecule has 0 bridgehead atoms. The summed E-state index contributed by atoms with van der Waals surface area (Å²) in [4.78, 5) is 0. The van der Waals surface area contributed by atoms with Gasteiger partial charge in [-0.05, 0) is 161 Å². The second kappa shape index (κ2) is 28.7. The van der Waals surface area contributed by atoms with Gasteiger partial charge in [-0.2, -0.15) is 0 Å². The Morgan fingerprint density at radius 3 is 1.13 bits per heavy atom. The zero-order valence-electron chi connectivity index (χ0n) is 64.3. The molecule has 0 unspecified atom stereocenters. The van der Waals surface area contributed by atoms with Gasteiger partial charge in [0.2, 0.25) is 22.8 Å². The predicted molar refractivity (Wildman–Crippen MR) is 415 cm³/mol. The van der Waals surface area contributed by atoms with Crippen molar-refractivity contribution in [3.05, 3.63) is 260 Å². The molecule has 0 radical (unpaired) electrons. The van der Waals surface area contributed by atoms with Crippen LogP contribution in [0.5, 0.6) is 0 Å². The molecule has 0 spiro atoms. The van der Waals surface area contributed by atoms with Crippen molar-refractivity contribution in [3.8, 4) is 45.0 Å². The molecule has 107 heavy (non-hydrogen) atoms. The highest BCUT2D eigenvalue weighted by Crippen LogP contribution is 2.45. The molecule has 0 aliphatic carbocycles. The Bertz CT molecular complexity index is 6280. The maximum absolute atomic E-state index is 14.8. The lowest BCUT2D eigenvalue weighted by Crippen LogP contribution is -2.31. The zero-order valence-corrected chi connectivity index (χ0v) is 64.3. The number of aromatic nitrogens is 4. The van der Waals surface area contributed by atoms with Crippen LogP contribution in [0.3, 0.4) is 0 Å². The Hall–Kier alpha value is -10.9. The first-order chi connectivity index (χ1) is 50.7. The van der Waals surface area contributed by atoms with Crippen LogP contribution >= 0.6 is 0 Å². The quantitative estimate of drug-likeness (QED) is 0.112. The van der Waals surface area contributed by atoms with Crippen LogP contribution in [0.15, 0.2) is 170 Å². The second-order valence-electron chi connectivity index (χ2n) is 30.0. The van der Waals surface area contributed by atoms with Gasteiger partial charge in [-0.1, -0.05) is 85.7 Å². The first kappa shape index (κ1) is 74.3. The number of hydrogen-bond donors (Lipinski definition) is 0. The van der Waals surface area contributed by atoms with E-state index in [-0.39, 0.29) is 34.2 Å². The van der Waals surface area contributed by atoms with Crippen LogP contribution < -0.4 is 18.3 Å². The molecule has 546 valence electrons. The van der Waals surface area contributed by atoms with Crippen molar-refractivity contribution < 1.29 is 66.7 Å². The standard InChI is InChI=1S/3C23H22F2NO.C23H23FNO/c1-12(2)15-6-9-19(26(5)11-15)20-13(3)10-18(25)21-16-7-8-17(24)14(4)22(16)27-23(20)21;1-12(2)15-7-9-19(26(5)11-15)20-13(3)6-8-16-21-18(25)10-17(24)14(4)22(21)27-23(16)20;1-12(2)15-7-9-18(26(5)11-15)20-13(3)6-8-16-21-19(27-23(16)20)10-17(24)14(4)22(21)25;1-13(2)16-6-9-19(25(5)12-16)22-15(4)10-14(3)21-18-8-7-17(24)11-20(18)26-23(21)22/h3*6-12H,1-5H3;6-13H,1-5H3/q4*+1. The van der Waals surface area contributed by atoms with Crippen LogP contribution in [0.25, 0.3) is 133 Å². The summed E-state index contributed by atoms with van der Waals surface area (Å²) < 4.78 is 132. The van der Waals surface area contributed by atoms with Gasteiger partial charge in [0.1, 0.15) is 108 Å². The molecule has 8 aromatic carbocycles. The fourth-order valence-electron chi connectivity index (χ4n) is 15.0. The maximum atomic E-state index is 14.8. The van der Waals surface area contributed by atoms with Crippen LogP contribution in [0.1, 0.15) is 146 Å². The first-order valence-corrected chi connectivity index (χ1v) is 36.3. The summed E-state index contributed by atoms with van der Waals surface area (Å²) >= 11 is 0. The van der Waals surface area contributed by atoms with Gasteiger partial charge in [0.15, 0.2) is 30.4 Å². The molecular weight excluding hydrogens is 1360 g/mol. The van der Waals surface area contributed by atoms with Crippen LogP contribution in [-0.2, 0) is 28.2 Å². The highest BCUT2D eigenvalue weighted by Gasteiger charge is 2.30. The number of nitrogens with zero attached hydrogens (tertiary/aromatic N) is 4. The highest BCUT2D eigenvalue weighted by molar-refractivity contribution is 6.14. The molecule has 0 amide bonds. The molecule has 0 N–H and O–H groups in total. The first-order valence-electron chi connectivity index (χ1n) is 36.3. The van der Waals surface area contributed by atoms with Gasteiger partial charge in [0.05, 0.1) is 38.4 Å². The molecule has 8 nitrogen and oxygen atoms in total. The molecule has 16 aromatic rings. The number of halogens is 7. The summed E-state index contributed by atoms with van der Waals surface area (Å²) in [6.45, 7) is 32.1. The SMILES string of the molecule is Cc1cc(C)c2c(oc3cc(F)ccc32)c1-c1ccc(C(C)C)c[n+]1C.Cc1cc(F)c2c(oc3c(C)c(F)ccc32)c1-c1ccc(C(C)C)c[n+]1C.Cc1ccc2c(oc3c(C)c(F)cc(F)c32)c1-c1ccc(C(C)C)c[n+]1C.Cc1ccc2c(oc3cc(F)c(C)c(F)c32)c1-c1ccc(C(C)C)c[n+]1C. The maximum Gasteiger partial charge on any atom is 0.216 e. The number of aryl methyl sites for hydroxylation is 11. The normalized spacial score (nSPS) is 11.8. The molecule has 0 aliphatic rings. The highest BCUT2D eigenvalue weighted by atomic mass is 19.2. The van der Waals surface area contributed by atoms with E-state index in [1.807, 2.05) is 82.9 Å². The lowest BCUT2D eigenvalue weighted by atomic mass is 9.96. The van der Waals surface area contributed by atoms with Gasteiger partial charge < -0.3 is 17.7 Å². The van der Waals surface area contributed by atoms with Gasteiger partial charge in [0, 0.05) is 108 Å². The summed E-state index contributed by atoms with van der Waals surface area (Å²) in [5.74, 6) is -1.59. The third kappa shape index (κ3) is 13.3. The van der Waals surface area contributed by atoms with Crippen molar-refractivity contribution in [1.82, 2.24) is 0 Å². The molecule has 0 aliphatic heterocycles. The van der Waals surface area contributed by atoms with Crippen molar-refractivity contribution in [2.45, 2.75) is 134 Å². The summed E-state index contributed by atoms with van der Waals surface area (Å²) in [5, 5.41) is 5.04. The summed E-state index contributed by atoms with van der Waals surface area (Å²) in [7, 11) is 8.03. The van der Waals surface area contributed by atoms with E-state index in [0.717, 1.165) is 95.3 Å². The Kier molecular flexibility index (Phi) is 20.0. The summed E-state index contributed by atoms with van der Waals surface area (Å²) in [5.41, 5.74) is 22.5. The van der Waals surface area contributed by atoms with E-state index in [0.29, 0.717) is 95.0 Å². The molecular formula is C92H89F7N4O4+4. The molecule has 0 saturated carbocycles. The Labute approximate surface area is 618 Å². The van der Waals surface area contributed by atoms with Crippen molar-refractivity contribution in [2.75, 3.05) is 0 Å². The molecule has 0 saturated heterocycles. The van der Waals surface area contributed by atoms with Gasteiger partial charge in [-0.25, -0.2) is 49.0 Å². The van der Waals surface area contributed by atoms with Crippen molar-refractivity contribution in [3.63, 3.8) is 0 Å². The van der Waals surface area contributed by atoms with Gasteiger partial charge >= 0.3 is 0 Å². The van der Waals surface area contributed by atoms with E-state index in [2.05, 4.69) is 163 Å². The monoisotopic (exact) mass is 1450 g/mol. The molecule has 8 aromatic heterocycles. The van der Waals surface area contributed by atoms with E-state index < -0.39 is 23.3 Å². The minimum absolute atomic E-state index is 0.0131. The van der Waals surface area contributed by atoms with Gasteiger partial charge in [0.25, 0.3) is 0 Å². The lowest BCUT2D eigenvalue weighted by molar-refractivity contribution is -0.661. The fraction of sp³-hybridized carbons (Fsp3) is 0.261. The van der Waals surface area contributed by atoms with Crippen molar-refractivity contribution in [1.29, 1.82) is 0 Å². The molecule has 0 fully saturated rings. The Morgan fingerprint density at radius 2 is 0.645 bits per heavy atom. The zero-order chi connectivity index (χ0) is 77.0.